The highest BCUT2D eigenvalue weighted by atomic mass is 16.5. The summed E-state index contributed by atoms with van der Waals surface area (Å²) in [6.45, 7) is 4.91. The van der Waals surface area contributed by atoms with E-state index >= 15 is 0 Å². The zero-order valence-electron chi connectivity index (χ0n) is 16.4. The van der Waals surface area contributed by atoms with Crippen LogP contribution in [0.3, 0.4) is 0 Å². The summed E-state index contributed by atoms with van der Waals surface area (Å²) < 4.78 is 5.19. The third-order valence-corrected chi connectivity index (χ3v) is 5.02. The summed E-state index contributed by atoms with van der Waals surface area (Å²) in [6, 6.07) is 17.1. The van der Waals surface area contributed by atoms with E-state index in [2.05, 4.69) is 10.2 Å². The number of amides is 2. The Kier molecular flexibility index (Phi) is 6.66. The molecule has 1 saturated heterocycles. The van der Waals surface area contributed by atoms with Gasteiger partial charge in [0, 0.05) is 31.7 Å². The lowest BCUT2D eigenvalue weighted by Crippen LogP contribution is -2.51. The fraction of sp³-hybridized carbons (Fsp3) is 0.364. The van der Waals surface area contributed by atoms with Gasteiger partial charge in [-0.1, -0.05) is 36.4 Å². The lowest BCUT2D eigenvalue weighted by molar-refractivity contribution is -0.123. The Morgan fingerprint density at radius 1 is 1.04 bits per heavy atom. The molecule has 1 aliphatic heterocycles. The number of hydrogen-bond donors (Lipinski definition) is 1. The van der Waals surface area contributed by atoms with Crippen molar-refractivity contribution < 1.29 is 14.3 Å². The van der Waals surface area contributed by atoms with Gasteiger partial charge in [0.2, 0.25) is 5.91 Å². The molecule has 28 heavy (non-hydrogen) atoms. The second-order valence-corrected chi connectivity index (χ2v) is 7.00. The molecule has 148 valence electrons. The minimum absolute atomic E-state index is 0.000649. The Balaban J connectivity index is 1.47. The Morgan fingerprint density at radius 3 is 2.43 bits per heavy atom. The summed E-state index contributed by atoms with van der Waals surface area (Å²) in [4.78, 5) is 28.9. The molecular weight excluding hydrogens is 354 g/mol. The van der Waals surface area contributed by atoms with Crippen molar-refractivity contribution >= 4 is 11.8 Å². The first-order chi connectivity index (χ1) is 13.6. The van der Waals surface area contributed by atoms with Crippen molar-refractivity contribution in [3.63, 3.8) is 0 Å². The standard InChI is InChI=1S/C22H27N3O3/c1-17(18-7-4-3-5-8-18)23-21(26)16-24-11-13-25(14-12-24)22(27)19-9-6-10-20(15-19)28-2/h3-10,15,17H,11-14,16H2,1-2H3,(H,23,26). The van der Waals surface area contributed by atoms with E-state index in [1.165, 1.54) is 0 Å². The van der Waals surface area contributed by atoms with E-state index in [9.17, 15) is 9.59 Å². The maximum absolute atomic E-state index is 12.7. The molecule has 1 unspecified atom stereocenters. The van der Waals surface area contributed by atoms with E-state index in [-0.39, 0.29) is 17.9 Å². The molecule has 2 aromatic rings. The number of benzene rings is 2. The summed E-state index contributed by atoms with van der Waals surface area (Å²) in [5, 5.41) is 3.04. The van der Waals surface area contributed by atoms with E-state index in [4.69, 9.17) is 4.74 Å². The quantitative estimate of drug-likeness (QED) is 0.834. The number of nitrogens with zero attached hydrogens (tertiary/aromatic N) is 2. The largest absolute Gasteiger partial charge is 0.497 e. The Hall–Kier alpha value is -2.86. The maximum atomic E-state index is 12.7. The topological polar surface area (TPSA) is 61.9 Å². The molecule has 0 bridgehead atoms. The third kappa shape index (κ3) is 5.10. The van der Waals surface area contributed by atoms with Gasteiger partial charge in [0.25, 0.3) is 5.91 Å². The molecule has 1 aliphatic rings. The molecule has 1 heterocycles. The van der Waals surface area contributed by atoms with Gasteiger partial charge in [-0.3, -0.25) is 14.5 Å². The average molecular weight is 381 g/mol. The number of nitrogens with one attached hydrogen (secondary N) is 1. The normalized spacial score (nSPS) is 15.7. The van der Waals surface area contributed by atoms with E-state index in [1.807, 2.05) is 54.3 Å². The van der Waals surface area contributed by atoms with Crippen molar-refractivity contribution in [2.24, 2.45) is 0 Å². The first-order valence-corrected chi connectivity index (χ1v) is 9.57. The molecule has 0 spiro atoms. The van der Waals surface area contributed by atoms with Gasteiger partial charge in [-0.15, -0.1) is 0 Å². The molecule has 6 heteroatoms. The van der Waals surface area contributed by atoms with Crippen molar-refractivity contribution in [3.05, 3.63) is 65.7 Å². The van der Waals surface area contributed by atoms with Gasteiger partial charge in [0.1, 0.15) is 5.75 Å². The molecule has 1 atom stereocenters. The molecule has 1 N–H and O–H groups in total. The zero-order chi connectivity index (χ0) is 19.9. The van der Waals surface area contributed by atoms with Gasteiger partial charge < -0.3 is 15.0 Å². The Morgan fingerprint density at radius 2 is 1.75 bits per heavy atom. The number of piperazine rings is 1. The highest BCUT2D eigenvalue weighted by Gasteiger charge is 2.24. The lowest BCUT2D eigenvalue weighted by atomic mass is 10.1. The van der Waals surface area contributed by atoms with E-state index < -0.39 is 0 Å². The molecule has 2 aromatic carbocycles. The predicted molar refractivity (Wildman–Crippen MR) is 108 cm³/mol. The molecule has 0 saturated carbocycles. The number of ether oxygens (including phenoxy) is 1. The van der Waals surface area contributed by atoms with E-state index in [0.717, 1.165) is 5.56 Å². The molecule has 0 radical (unpaired) electrons. The Bertz CT molecular complexity index is 802. The zero-order valence-corrected chi connectivity index (χ0v) is 16.4. The van der Waals surface area contributed by atoms with Crippen molar-refractivity contribution in [2.75, 3.05) is 39.8 Å². The van der Waals surface area contributed by atoms with Gasteiger partial charge in [-0.05, 0) is 30.7 Å². The van der Waals surface area contributed by atoms with Gasteiger partial charge >= 0.3 is 0 Å². The average Bonchev–Trinajstić information content (AvgIpc) is 2.74. The first-order valence-electron chi connectivity index (χ1n) is 9.57. The Labute approximate surface area is 166 Å². The second-order valence-electron chi connectivity index (χ2n) is 7.00. The molecule has 6 nitrogen and oxygen atoms in total. The molecule has 3 rings (SSSR count). The minimum atomic E-state index is -0.0235. The number of carbonyl (C=O) groups is 2. The van der Waals surface area contributed by atoms with Crippen LogP contribution >= 0.6 is 0 Å². The summed E-state index contributed by atoms with van der Waals surface area (Å²) in [6.07, 6.45) is 0. The summed E-state index contributed by atoms with van der Waals surface area (Å²) >= 11 is 0. The van der Waals surface area contributed by atoms with E-state index in [0.29, 0.717) is 44.0 Å². The third-order valence-electron chi connectivity index (χ3n) is 5.02. The fourth-order valence-corrected chi connectivity index (χ4v) is 3.36. The molecule has 0 aromatic heterocycles. The van der Waals surface area contributed by atoms with Crippen LogP contribution in [0.15, 0.2) is 54.6 Å². The van der Waals surface area contributed by atoms with Crippen LogP contribution in [0.25, 0.3) is 0 Å². The van der Waals surface area contributed by atoms with Crippen LogP contribution < -0.4 is 10.1 Å². The van der Waals surface area contributed by atoms with E-state index in [1.54, 1.807) is 19.2 Å². The van der Waals surface area contributed by atoms with Crippen molar-refractivity contribution in [1.82, 2.24) is 15.1 Å². The van der Waals surface area contributed by atoms with Crippen LogP contribution in [-0.2, 0) is 4.79 Å². The summed E-state index contributed by atoms with van der Waals surface area (Å²) in [7, 11) is 1.59. The van der Waals surface area contributed by atoms with Crippen LogP contribution in [-0.4, -0.2) is 61.4 Å². The predicted octanol–water partition coefficient (Wildman–Crippen LogP) is 2.33. The fourth-order valence-electron chi connectivity index (χ4n) is 3.36. The van der Waals surface area contributed by atoms with Crippen LogP contribution in [0.1, 0.15) is 28.9 Å². The first kappa shape index (κ1) is 19.9. The maximum Gasteiger partial charge on any atom is 0.254 e. The lowest BCUT2D eigenvalue weighted by Gasteiger charge is -2.34. The van der Waals surface area contributed by atoms with Gasteiger partial charge in [0.15, 0.2) is 0 Å². The van der Waals surface area contributed by atoms with Gasteiger partial charge in [-0.2, -0.15) is 0 Å². The van der Waals surface area contributed by atoms with Crippen LogP contribution in [0.5, 0.6) is 5.75 Å². The minimum Gasteiger partial charge on any atom is -0.497 e. The van der Waals surface area contributed by atoms with Crippen LogP contribution in [0, 0.1) is 0 Å². The number of methoxy groups -OCH3 is 1. The smallest absolute Gasteiger partial charge is 0.254 e. The van der Waals surface area contributed by atoms with Crippen LogP contribution in [0.2, 0.25) is 0 Å². The monoisotopic (exact) mass is 381 g/mol. The SMILES string of the molecule is COc1cccc(C(=O)N2CCN(CC(=O)NC(C)c3ccccc3)CC2)c1. The number of hydrogen-bond acceptors (Lipinski definition) is 4. The summed E-state index contributed by atoms with van der Waals surface area (Å²) in [5.74, 6) is 0.679. The molecular formula is C22H27N3O3. The highest BCUT2D eigenvalue weighted by Crippen LogP contribution is 2.16. The van der Waals surface area contributed by atoms with Crippen molar-refractivity contribution in [1.29, 1.82) is 0 Å². The van der Waals surface area contributed by atoms with Gasteiger partial charge in [0.05, 0.1) is 19.7 Å². The van der Waals surface area contributed by atoms with Crippen molar-refractivity contribution in [2.45, 2.75) is 13.0 Å². The highest BCUT2D eigenvalue weighted by molar-refractivity contribution is 5.94. The van der Waals surface area contributed by atoms with Crippen molar-refractivity contribution in [3.8, 4) is 5.75 Å². The number of rotatable bonds is 6. The molecule has 2 amide bonds. The van der Waals surface area contributed by atoms with Crippen LogP contribution in [0.4, 0.5) is 0 Å². The number of carbonyl (C=O) groups excluding carboxylic acids is 2. The molecule has 0 aliphatic carbocycles. The second kappa shape index (κ2) is 9.37. The summed E-state index contributed by atoms with van der Waals surface area (Å²) in [5.41, 5.74) is 1.71. The molecule has 1 fully saturated rings. The van der Waals surface area contributed by atoms with Gasteiger partial charge in [-0.25, -0.2) is 0 Å².